The highest BCUT2D eigenvalue weighted by Gasteiger charge is 2.15. The van der Waals surface area contributed by atoms with Crippen molar-refractivity contribution in [3.05, 3.63) is 24.0 Å². The van der Waals surface area contributed by atoms with Crippen molar-refractivity contribution in [1.82, 2.24) is 9.55 Å². The molecule has 3 rings (SSSR count). The predicted molar refractivity (Wildman–Crippen MR) is 52.9 cm³/mol. The molecule has 0 radical (unpaired) electrons. The van der Waals surface area contributed by atoms with Crippen molar-refractivity contribution in [1.29, 1.82) is 0 Å². The highest BCUT2D eigenvalue weighted by Crippen LogP contribution is 2.27. The van der Waals surface area contributed by atoms with Crippen molar-refractivity contribution in [3.8, 4) is 0 Å². The molecule has 0 bridgehead atoms. The number of hydrogen-bond donors (Lipinski definition) is 1. The number of pyridine rings is 1. The molecule has 2 aromatic rings. The zero-order valence-electron chi connectivity index (χ0n) is 7.54. The molecule has 0 aromatic carbocycles. The number of anilines is 1. The van der Waals surface area contributed by atoms with E-state index in [2.05, 4.69) is 34.2 Å². The van der Waals surface area contributed by atoms with Gasteiger partial charge in [0, 0.05) is 36.9 Å². The second-order valence-electron chi connectivity index (χ2n) is 3.49. The number of rotatable bonds is 0. The Morgan fingerprint density at radius 1 is 1.54 bits per heavy atom. The van der Waals surface area contributed by atoms with Gasteiger partial charge in [-0.25, -0.2) is 4.98 Å². The first-order valence-corrected chi connectivity index (χ1v) is 4.53. The Bertz CT molecular complexity index is 470. The summed E-state index contributed by atoms with van der Waals surface area (Å²) in [5.41, 5.74) is 2.69. The normalized spacial score (nSPS) is 14.5. The summed E-state index contributed by atoms with van der Waals surface area (Å²) < 4.78 is 2.17. The van der Waals surface area contributed by atoms with Crippen LogP contribution in [0.5, 0.6) is 0 Å². The van der Waals surface area contributed by atoms with Crippen LogP contribution in [0.3, 0.4) is 0 Å². The molecule has 0 atom stereocenters. The second-order valence-corrected chi connectivity index (χ2v) is 3.49. The van der Waals surface area contributed by atoms with Crippen LogP contribution in [0.25, 0.3) is 10.9 Å². The molecule has 2 aromatic heterocycles. The summed E-state index contributed by atoms with van der Waals surface area (Å²) in [6.07, 6.45) is 5.12. The Hall–Kier alpha value is -1.51. The van der Waals surface area contributed by atoms with Gasteiger partial charge in [-0.2, -0.15) is 0 Å². The zero-order valence-corrected chi connectivity index (χ0v) is 7.54. The minimum atomic E-state index is 1.02. The third-order valence-electron chi connectivity index (χ3n) is 2.68. The molecule has 0 amide bonds. The van der Waals surface area contributed by atoms with Crippen molar-refractivity contribution in [2.75, 3.05) is 11.9 Å². The quantitative estimate of drug-likeness (QED) is 0.655. The van der Waals surface area contributed by atoms with E-state index in [-0.39, 0.29) is 0 Å². The highest BCUT2D eigenvalue weighted by molar-refractivity contribution is 5.86. The zero-order chi connectivity index (χ0) is 8.84. The summed E-state index contributed by atoms with van der Waals surface area (Å²) in [5.74, 6) is 1.06. The smallest absolute Gasteiger partial charge is 0.131 e. The average molecular weight is 173 g/mol. The largest absolute Gasteiger partial charge is 0.369 e. The van der Waals surface area contributed by atoms with Gasteiger partial charge in [0.25, 0.3) is 0 Å². The monoisotopic (exact) mass is 173 g/mol. The predicted octanol–water partition coefficient (Wildman–Crippen LogP) is 1.54. The molecular formula is C10H11N3. The van der Waals surface area contributed by atoms with E-state index in [4.69, 9.17) is 0 Å². The fourth-order valence-corrected chi connectivity index (χ4v) is 2.06. The Morgan fingerprint density at radius 3 is 3.38 bits per heavy atom. The van der Waals surface area contributed by atoms with Crippen molar-refractivity contribution in [2.24, 2.45) is 7.05 Å². The first-order valence-electron chi connectivity index (χ1n) is 4.53. The Kier molecular flexibility index (Phi) is 1.20. The lowest BCUT2D eigenvalue weighted by Gasteiger charge is -2.02. The van der Waals surface area contributed by atoms with Gasteiger partial charge in [-0.15, -0.1) is 0 Å². The van der Waals surface area contributed by atoms with Gasteiger partial charge in [-0.05, 0) is 12.5 Å². The lowest BCUT2D eigenvalue weighted by atomic mass is 10.2. The number of hydrogen-bond acceptors (Lipinski definition) is 2. The van der Waals surface area contributed by atoms with E-state index in [0.29, 0.717) is 0 Å². The molecule has 0 spiro atoms. The van der Waals surface area contributed by atoms with Gasteiger partial charge in [0.1, 0.15) is 5.82 Å². The first kappa shape index (κ1) is 6.95. The average Bonchev–Trinajstić information content (AvgIpc) is 2.70. The van der Waals surface area contributed by atoms with Crippen LogP contribution < -0.4 is 5.32 Å². The van der Waals surface area contributed by atoms with Gasteiger partial charge in [0.2, 0.25) is 0 Å². The maximum absolute atomic E-state index is 4.38. The molecule has 0 aliphatic carbocycles. The lowest BCUT2D eigenvalue weighted by Crippen LogP contribution is -1.92. The van der Waals surface area contributed by atoms with Crippen LogP contribution in [-0.4, -0.2) is 16.1 Å². The SMILES string of the molecule is Cn1ccc2cnc3c(c21)CCN3. The number of fused-ring (bicyclic) bond motifs is 3. The topological polar surface area (TPSA) is 29.9 Å². The van der Waals surface area contributed by atoms with Crippen LogP contribution in [-0.2, 0) is 13.5 Å². The van der Waals surface area contributed by atoms with E-state index in [1.807, 2.05) is 6.20 Å². The summed E-state index contributed by atoms with van der Waals surface area (Å²) in [6, 6.07) is 2.11. The van der Waals surface area contributed by atoms with Crippen LogP contribution in [0.2, 0.25) is 0 Å². The number of nitrogens with zero attached hydrogens (tertiary/aromatic N) is 2. The summed E-state index contributed by atoms with van der Waals surface area (Å²) in [7, 11) is 2.08. The molecule has 13 heavy (non-hydrogen) atoms. The minimum absolute atomic E-state index is 1.02. The molecule has 66 valence electrons. The fourth-order valence-electron chi connectivity index (χ4n) is 2.06. The maximum Gasteiger partial charge on any atom is 0.131 e. The maximum atomic E-state index is 4.38. The van der Waals surface area contributed by atoms with Crippen LogP contribution in [0, 0.1) is 0 Å². The Labute approximate surface area is 76.4 Å². The molecule has 3 heteroatoms. The molecule has 0 unspecified atom stereocenters. The van der Waals surface area contributed by atoms with E-state index < -0.39 is 0 Å². The number of aryl methyl sites for hydroxylation is 1. The third kappa shape index (κ3) is 0.813. The standard InChI is InChI=1S/C10H11N3/c1-13-5-3-7-6-12-10-8(9(7)13)2-4-11-10/h3,5-6H,2,4H2,1H3,(H,11,12). The molecule has 1 aliphatic heterocycles. The number of aromatic nitrogens is 2. The summed E-state index contributed by atoms with van der Waals surface area (Å²) in [4.78, 5) is 4.38. The molecule has 1 N–H and O–H groups in total. The molecular weight excluding hydrogens is 162 g/mol. The third-order valence-corrected chi connectivity index (χ3v) is 2.68. The van der Waals surface area contributed by atoms with Gasteiger partial charge in [-0.3, -0.25) is 0 Å². The first-order chi connectivity index (χ1) is 6.36. The second kappa shape index (κ2) is 2.25. The van der Waals surface area contributed by atoms with Gasteiger partial charge in [-0.1, -0.05) is 0 Å². The lowest BCUT2D eigenvalue weighted by molar-refractivity contribution is 0.957. The van der Waals surface area contributed by atoms with Crippen LogP contribution in [0.4, 0.5) is 5.82 Å². The summed E-state index contributed by atoms with van der Waals surface area (Å²) in [6.45, 7) is 1.02. The highest BCUT2D eigenvalue weighted by atomic mass is 15.0. The van der Waals surface area contributed by atoms with Crippen molar-refractivity contribution >= 4 is 16.7 Å². The molecule has 0 saturated carbocycles. The van der Waals surface area contributed by atoms with E-state index >= 15 is 0 Å². The van der Waals surface area contributed by atoms with Crippen molar-refractivity contribution in [2.45, 2.75) is 6.42 Å². The molecule has 3 heterocycles. The van der Waals surface area contributed by atoms with Crippen LogP contribution >= 0.6 is 0 Å². The van der Waals surface area contributed by atoms with Crippen molar-refractivity contribution in [3.63, 3.8) is 0 Å². The van der Waals surface area contributed by atoms with E-state index in [1.54, 1.807) is 0 Å². The van der Waals surface area contributed by atoms with Crippen LogP contribution in [0.1, 0.15) is 5.56 Å². The van der Waals surface area contributed by atoms with E-state index in [9.17, 15) is 0 Å². The summed E-state index contributed by atoms with van der Waals surface area (Å²) in [5, 5.41) is 4.53. The Morgan fingerprint density at radius 2 is 2.46 bits per heavy atom. The summed E-state index contributed by atoms with van der Waals surface area (Å²) >= 11 is 0. The van der Waals surface area contributed by atoms with E-state index in [0.717, 1.165) is 18.8 Å². The molecule has 3 nitrogen and oxygen atoms in total. The molecule has 0 fully saturated rings. The Balaban J connectivity index is 2.47. The van der Waals surface area contributed by atoms with E-state index in [1.165, 1.54) is 16.5 Å². The molecule has 1 aliphatic rings. The van der Waals surface area contributed by atoms with Gasteiger partial charge >= 0.3 is 0 Å². The van der Waals surface area contributed by atoms with Gasteiger partial charge in [0.15, 0.2) is 0 Å². The minimum Gasteiger partial charge on any atom is -0.369 e. The van der Waals surface area contributed by atoms with Crippen molar-refractivity contribution < 1.29 is 0 Å². The number of nitrogens with one attached hydrogen (secondary N) is 1. The van der Waals surface area contributed by atoms with Gasteiger partial charge < -0.3 is 9.88 Å². The fraction of sp³-hybridized carbons (Fsp3) is 0.300. The molecule has 0 saturated heterocycles. The van der Waals surface area contributed by atoms with Gasteiger partial charge in [0.05, 0.1) is 5.52 Å². The van der Waals surface area contributed by atoms with Crippen LogP contribution in [0.15, 0.2) is 18.5 Å².